The molecular formula is C28H31N7O2. The van der Waals surface area contributed by atoms with E-state index in [-0.39, 0.29) is 30.0 Å². The lowest BCUT2D eigenvalue weighted by Crippen LogP contribution is -2.62. The van der Waals surface area contributed by atoms with Crippen molar-refractivity contribution in [2.24, 2.45) is 5.73 Å². The van der Waals surface area contributed by atoms with E-state index in [1.165, 1.54) is 11.1 Å². The Hall–Kier alpha value is -3.29. The third kappa shape index (κ3) is 3.83. The molecule has 0 amide bonds. The number of hydrogen-bond acceptors (Lipinski definition) is 9. The van der Waals surface area contributed by atoms with Crippen molar-refractivity contribution in [3.63, 3.8) is 0 Å². The molecule has 0 saturated carbocycles. The number of benzene rings is 1. The lowest BCUT2D eigenvalue weighted by atomic mass is 9.86. The predicted molar refractivity (Wildman–Crippen MR) is 140 cm³/mol. The number of pyridine rings is 2. The van der Waals surface area contributed by atoms with E-state index >= 15 is 0 Å². The molecule has 1 spiro atoms. The first-order valence-corrected chi connectivity index (χ1v) is 13.0. The summed E-state index contributed by atoms with van der Waals surface area (Å²) in [5.74, 6) is 0.997. The van der Waals surface area contributed by atoms with Crippen molar-refractivity contribution in [3.8, 4) is 6.07 Å². The zero-order chi connectivity index (χ0) is 26.0. The van der Waals surface area contributed by atoms with Gasteiger partial charge in [-0.1, -0.05) is 0 Å². The molecule has 3 fully saturated rings. The van der Waals surface area contributed by atoms with Crippen molar-refractivity contribution in [3.05, 3.63) is 59.4 Å². The van der Waals surface area contributed by atoms with Crippen LogP contribution in [0.4, 0.5) is 11.5 Å². The molecular weight excluding hydrogens is 466 g/mol. The Morgan fingerprint density at radius 3 is 2.86 bits per heavy atom. The molecule has 6 heterocycles. The Kier molecular flexibility index (Phi) is 5.08. The average molecular weight is 499 g/mol. The first-order chi connectivity index (χ1) is 18.4. The van der Waals surface area contributed by atoms with Gasteiger partial charge in [-0.3, -0.25) is 9.88 Å². The summed E-state index contributed by atoms with van der Waals surface area (Å²) in [6, 6.07) is 12.0. The van der Waals surface area contributed by atoms with Crippen molar-refractivity contribution in [1.29, 1.82) is 5.26 Å². The van der Waals surface area contributed by atoms with E-state index in [4.69, 9.17) is 21.6 Å². The number of nitriles is 1. The number of ether oxygens (including phenoxy) is 2. The van der Waals surface area contributed by atoms with Gasteiger partial charge < -0.3 is 25.0 Å². The Labute approximate surface area is 217 Å². The topological polar surface area (TPSA) is 104 Å². The fraction of sp³-hybridized carbons (Fsp3) is 0.464. The second-order valence-corrected chi connectivity index (χ2v) is 10.9. The fourth-order valence-electron chi connectivity index (χ4n) is 6.35. The van der Waals surface area contributed by atoms with Gasteiger partial charge in [-0.2, -0.15) is 5.26 Å². The van der Waals surface area contributed by atoms with Gasteiger partial charge in [0, 0.05) is 80.9 Å². The molecule has 3 aromatic rings. The summed E-state index contributed by atoms with van der Waals surface area (Å²) >= 11 is 0. The van der Waals surface area contributed by atoms with E-state index in [1.807, 2.05) is 24.4 Å². The van der Waals surface area contributed by atoms with Crippen molar-refractivity contribution < 1.29 is 10.8 Å². The lowest BCUT2D eigenvalue weighted by molar-refractivity contribution is -0.155. The van der Waals surface area contributed by atoms with Crippen LogP contribution in [0.25, 0.3) is 10.9 Å². The van der Waals surface area contributed by atoms with Gasteiger partial charge in [0.15, 0.2) is 0 Å². The summed E-state index contributed by atoms with van der Waals surface area (Å²) in [5, 5.41) is 10.4. The molecule has 9 heteroatoms. The van der Waals surface area contributed by atoms with Crippen LogP contribution in [-0.2, 0) is 21.7 Å². The molecule has 0 radical (unpaired) electrons. The first kappa shape index (κ1) is 21.8. The van der Waals surface area contributed by atoms with Crippen LogP contribution in [0.3, 0.4) is 0 Å². The van der Waals surface area contributed by atoms with Gasteiger partial charge in [-0.25, -0.2) is 4.98 Å². The normalized spacial score (nSPS) is 25.5. The zero-order valence-electron chi connectivity index (χ0n) is 21.9. The molecule has 2 N–H and O–H groups in total. The molecule has 0 bridgehead atoms. The molecule has 1 aromatic carbocycles. The maximum atomic E-state index is 9.54. The highest BCUT2D eigenvalue weighted by Gasteiger charge is 2.51. The molecule has 37 heavy (non-hydrogen) atoms. The second kappa shape index (κ2) is 8.64. The molecule has 2 atom stereocenters. The molecule has 0 unspecified atom stereocenters. The SMILES string of the molecule is [2H]c1ccc2c(N3C[C@H](CN4CC5(C4)OCc4cc(N6CC(N)C6)ncc45)O[C@H](C)C3)ccc(C#N)c2n1. The standard InChI is InChI=1S/C28H31N7O2/c1-18-10-34(25-5-4-19(8-29)27-23(25)3-2-6-31-27)14-22(37-18)13-33-16-28(17-33)24-9-32-26(7-20(24)15-36-28)35-11-21(30)12-35/h2-7,9,18,21-22H,10-17,30H2,1H3/t18-,22+/m1/s1/i6D. The summed E-state index contributed by atoms with van der Waals surface area (Å²) < 4.78 is 20.6. The zero-order valence-corrected chi connectivity index (χ0v) is 20.9. The Morgan fingerprint density at radius 2 is 2.05 bits per heavy atom. The molecule has 190 valence electrons. The summed E-state index contributed by atoms with van der Waals surface area (Å²) in [6.45, 7) is 8.46. The van der Waals surface area contributed by atoms with Crippen LogP contribution in [0.5, 0.6) is 0 Å². The number of hydrogen-bond donors (Lipinski definition) is 1. The Balaban J connectivity index is 1.04. The van der Waals surface area contributed by atoms with Crippen molar-refractivity contribution in [2.75, 3.05) is 55.6 Å². The lowest BCUT2D eigenvalue weighted by Gasteiger charge is -2.50. The fourth-order valence-corrected chi connectivity index (χ4v) is 6.35. The van der Waals surface area contributed by atoms with Gasteiger partial charge in [-0.05, 0) is 42.8 Å². The van der Waals surface area contributed by atoms with E-state index in [9.17, 15) is 5.26 Å². The number of morpholine rings is 1. The maximum absolute atomic E-state index is 9.54. The van der Waals surface area contributed by atoms with Gasteiger partial charge in [0.05, 0.1) is 31.3 Å². The van der Waals surface area contributed by atoms with Gasteiger partial charge >= 0.3 is 0 Å². The number of likely N-dealkylation sites (tertiary alicyclic amines) is 1. The van der Waals surface area contributed by atoms with E-state index in [0.717, 1.165) is 62.7 Å². The van der Waals surface area contributed by atoms with Gasteiger partial charge in [0.25, 0.3) is 0 Å². The minimum atomic E-state index is -0.269. The second-order valence-electron chi connectivity index (χ2n) is 10.9. The summed E-state index contributed by atoms with van der Waals surface area (Å²) in [5.41, 5.74) is 10.2. The molecule has 0 aliphatic carbocycles. The smallest absolute Gasteiger partial charge is 0.128 e. The monoisotopic (exact) mass is 498 g/mol. The predicted octanol–water partition coefficient (Wildman–Crippen LogP) is 1.98. The molecule has 7 rings (SSSR count). The van der Waals surface area contributed by atoms with Crippen molar-refractivity contribution in [1.82, 2.24) is 14.9 Å². The highest BCUT2D eigenvalue weighted by molar-refractivity contribution is 5.95. The van der Waals surface area contributed by atoms with Gasteiger partial charge in [-0.15, -0.1) is 0 Å². The van der Waals surface area contributed by atoms with Crippen LogP contribution in [0.1, 0.15) is 25.0 Å². The molecule has 9 nitrogen and oxygen atoms in total. The van der Waals surface area contributed by atoms with Crippen molar-refractivity contribution in [2.45, 2.75) is 37.4 Å². The number of nitrogens with two attached hydrogens (primary N) is 1. The van der Waals surface area contributed by atoms with Crippen LogP contribution < -0.4 is 15.5 Å². The van der Waals surface area contributed by atoms with Crippen molar-refractivity contribution >= 4 is 22.4 Å². The third-order valence-electron chi connectivity index (χ3n) is 8.11. The summed E-state index contributed by atoms with van der Waals surface area (Å²) in [6.07, 6.45) is 2.28. The third-order valence-corrected chi connectivity index (χ3v) is 8.11. The number of rotatable bonds is 4. The van der Waals surface area contributed by atoms with E-state index in [1.54, 1.807) is 6.07 Å². The minimum absolute atomic E-state index is 0.0437. The molecule has 4 aliphatic rings. The maximum Gasteiger partial charge on any atom is 0.128 e. The van der Waals surface area contributed by atoms with Gasteiger partial charge in [0.2, 0.25) is 0 Å². The van der Waals surface area contributed by atoms with Gasteiger partial charge in [0.1, 0.15) is 17.5 Å². The molecule has 4 aliphatic heterocycles. The number of nitrogens with zero attached hydrogens (tertiary/aromatic N) is 6. The van der Waals surface area contributed by atoms with Crippen LogP contribution >= 0.6 is 0 Å². The van der Waals surface area contributed by atoms with E-state index in [0.29, 0.717) is 17.7 Å². The Morgan fingerprint density at radius 1 is 1.19 bits per heavy atom. The van der Waals surface area contributed by atoms with Crippen LogP contribution in [-0.4, -0.2) is 78.9 Å². The van der Waals surface area contributed by atoms with E-state index < -0.39 is 0 Å². The quantitative estimate of drug-likeness (QED) is 0.578. The highest BCUT2D eigenvalue weighted by Crippen LogP contribution is 2.44. The number of fused-ring (bicyclic) bond motifs is 3. The van der Waals surface area contributed by atoms with Crippen LogP contribution in [0.15, 0.2) is 42.7 Å². The number of aromatic nitrogens is 2. The summed E-state index contributed by atoms with van der Waals surface area (Å²) in [7, 11) is 0. The number of anilines is 2. The van der Waals surface area contributed by atoms with E-state index in [2.05, 4.69) is 38.7 Å². The van der Waals surface area contributed by atoms with Crippen LogP contribution in [0, 0.1) is 11.3 Å². The molecule has 3 saturated heterocycles. The largest absolute Gasteiger partial charge is 0.370 e. The summed E-state index contributed by atoms with van der Waals surface area (Å²) in [4.78, 5) is 16.0. The first-order valence-electron chi connectivity index (χ1n) is 13.5. The molecule has 2 aromatic heterocycles. The Bertz CT molecular complexity index is 1450. The van der Waals surface area contributed by atoms with Crippen LogP contribution in [0.2, 0.25) is 0 Å². The average Bonchev–Trinajstić information content (AvgIpc) is 3.24. The minimum Gasteiger partial charge on any atom is -0.370 e. The highest BCUT2D eigenvalue weighted by atomic mass is 16.5.